The summed E-state index contributed by atoms with van der Waals surface area (Å²) in [5.41, 5.74) is 3.68. The van der Waals surface area contributed by atoms with Crippen LogP contribution in [-0.2, 0) is 11.2 Å². The fourth-order valence-corrected chi connectivity index (χ4v) is 3.95. The molecule has 4 heteroatoms. The van der Waals surface area contributed by atoms with Gasteiger partial charge in [0.25, 0.3) is 5.91 Å². The van der Waals surface area contributed by atoms with Crippen molar-refractivity contribution in [1.82, 2.24) is 4.90 Å². The second-order valence-corrected chi connectivity index (χ2v) is 7.73. The molecule has 1 amide bonds. The number of aliphatic hydroxyl groups is 1. The van der Waals surface area contributed by atoms with Crippen molar-refractivity contribution in [3.63, 3.8) is 0 Å². The van der Waals surface area contributed by atoms with Crippen LogP contribution in [0.4, 0.5) is 0 Å². The number of hydrogen-bond donors (Lipinski definition) is 1. The SMILES string of the molecule is O=C1C(O)=C(c2ccccc2)[C@H](c2ccc(Br)cc2)N1CCc1ccccc1. The molecule has 0 aliphatic carbocycles. The third-order valence-electron chi connectivity index (χ3n) is 5.06. The Morgan fingerprint density at radius 3 is 2.11 bits per heavy atom. The monoisotopic (exact) mass is 433 g/mol. The Labute approximate surface area is 173 Å². The molecule has 0 saturated heterocycles. The molecule has 3 aromatic carbocycles. The number of nitrogens with zero attached hydrogens (tertiary/aromatic N) is 1. The maximum atomic E-state index is 13.0. The minimum atomic E-state index is -0.317. The average Bonchev–Trinajstić information content (AvgIpc) is 2.99. The quantitative estimate of drug-likeness (QED) is 0.573. The van der Waals surface area contributed by atoms with Gasteiger partial charge in [-0.2, -0.15) is 0 Å². The third kappa shape index (κ3) is 3.60. The molecule has 4 rings (SSSR count). The standard InChI is InChI=1S/C24H20BrNO2/c25-20-13-11-19(12-14-20)22-21(18-9-5-2-6-10-18)23(27)24(28)26(22)16-15-17-7-3-1-4-8-17/h1-14,22,27H,15-16H2/t22-/m0/s1. The zero-order valence-corrected chi connectivity index (χ0v) is 16.8. The molecule has 3 aromatic rings. The van der Waals surface area contributed by atoms with Gasteiger partial charge in [-0.3, -0.25) is 4.79 Å². The minimum Gasteiger partial charge on any atom is -0.503 e. The lowest BCUT2D eigenvalue weighted by atomic mass is 9.93. The van der Waals surface area contributed by atoms with E-state index < -0.39 is 0 Å². The van der Waals surface area contributed by atoms with Crippen molar-refractivity contribution >= 4 is 27.4 Å². The van der Waals surface area contributed by atoms with Gasteiger partial charge in [0.2, 0.25) is 0 Å². The molecule has 0 fully saturated rings. The molecule has 0 spiro atoms. The first-order valence-corrected chi connectivity index (χ1v) is 10.0. The zero-order chi connectivity index (χ0) is 19.5. The van der Waals surface area contributed by atoms with Crippen LogP contribution in [0.3, 0.4) is 0 Å². The highest BCUT2D eigenvalue weighted by Crippen LogP contribution is 2.43. The van der Waals surface area contributed by atoms with E-state index in [0.717, 1.165) is 27.6 Å². The molecule has 0 radical (unpaired) electrons. The molecule has 1 heterocycles. The summed E-state index contributed by atoms with van der Waals surface area (Å²) in [5.74, 6) is -0.477. The van der Waals surface area contributed by atoms with Crippen molar-refractivity contribution in [2.24, 2.45) is 0 Å². The van der Waals surface area contributed by atoms with E-state index in [9.17, 15) is 9.90 Å². The summed E-state index contributed by atoms with van der Waals surface area (Å²) in [7, 11) is 0. The Morgan fingerprint density at radius 2 is 1.46 bits per heavy atom. The van der Waals surface area contributed by atoms with Gasteiger partial charge in [-0.1, -0.05) is 88.7 Å². The molecule has 1 aliphatic rings. The van der Waals surface area contributed by atoms with Gasteiger partial charge in [-0.25, -0.2) is 0 Å². The van der Waals surface area contributed by atoms with E-state index in [1.807, 2.05) is 72.8 Å². The van der Waals surface area contributed by atoms with E-state index >= 15 is 0 Å². The van der Waals surface area contributed by atoms with Crippen LogP contribution in [-0.4, -0.2) is 22.5 Å². The molecule has 1 atom stereocenters. The number of rotatable bonds is 5. The van der Waals surface area contributed by atoms with E-state index in [1.165, 1.54) is 0 Å². The Hall–Kier alpha value is -2.85. The van der Waals surface area contributed by atoms with Gasteiger partial charge in [-0.05, 0) is 35.2 Å². The van der Waals surface area contributed by atoms with Crippen molar-refractivity contribution in [3.05, 3.63) is 112 Å². The number of carbonyl (C=O) groups is 1. The number of hydrogen-bond acceptors (Lipinski definition) is 2. The van der Waals surface area contributed by atoms with Gasteiger partial charge in [0.05, 0.1) is 6.04 Å². The highest BCUT2D eigenvalue weighted by atomic mass is 79.9. The first-order chi connectivity index (χ1) is 13.6. The average molecular weight is 434 g/mol. The Bertz CT molecular complexity index is 998. The first kappa shape index (κ1) is 18.5. The lowest BCUT2D eigenvalue weighted by Crippen LogP contribution is -2.32. The molecule has 0 saturated carbocycles. The molecule has 3 nitrogen and oxygen atoms in total. The molecule has 28 heavy (non-hydrogen) atoms. The smallest absolute Gasteiger partial charge is 0.289 e. The molecule has 140 valence electrons. The van der Waals surface area contributed by atoms with E-state index in [-0.39, 0.29) is 17.7 Å². The first-order valence-electron chi connectivity index (χ1n) is 9.24. The second-order valence-electron chi connectivity index (χ2n) is 6.82. The largest absolute Gasteiger partial charge is 0.503 e. The van der Waals surface area contributed by atoms with Gasteiger partial charge in [0.1, 0.15) is 0 Å². The zero-order valence-electron chi connectivity index (χ0n) is 15.3. The number of halogens is 1. The van der Waals surface area contributed by atoms with Crippen molar-refractivity contribution in [2.75, 3.05) is 6.54 Å². The van der Waals surface area contributed by atoms with Gasteiger partial charge >= 0.3 is 0 Å². The fourth-order valence-electron chi connectivity index (χ4n) is 3.68. The molecule has 0 unspecified atom stereocenters. The number of carbonyl (C=O) groups excluding carboxylic acids is 1. The van der Waals surface area contributed by atoms with Crippen LogP contribution in [0.1, 0.15) is 22.7 Å². The summed E-state index contributed by atoms with van der Waals surface area (Å²) in [5, 5.41) is 10.7. The van der Waals surface area contributed by atoms with Crippen LogP contribution >= 0.6 is 15.9 Å². The summed E-state index contributed by atoms with van der Waals surface area (Å²) >= 11 is 3.47. The Morgan fingerprint density at radius 1 is 0.857 bits per heavy atom. The van der Waals surface area contributed by atoms with Gasteiger partial charge in [0.15, 0.2) is 5.76 Å². The summed E-state index contributed by atoms with van der Waals surface area (Å²) in [6.45, 7) is 0.532. The van der Waals surface area contributed by atoms with Crippen LogP contribution in [0, 0.1) is 0 Å². The van der Waals surface area contributed by atoms with E-state index in [0.29, 0.717) is 12.1 Å². The van der Waals surface area contributed by atoms with Gasteiger partial charge < -0.3 is 10.0 Å². The predicted molar refractivity (Wildman–Crippen MR) is 115 cm³/mol. The van der Waals surface area contributed by atoms with Crippen LogP contribution in [0.5, 0.6) is 0 Å². The predicted octanol–water partition coefficient (Wildman–Crippen LogP) is 5.54. The molecule has 0 aromatic heterocycles. The highest BCUT2D eigenvalue weighted by Gasteiger charge is 2.40. The number of benzene rings is 3. The lowest BCUT2D eigenvalue weighted by molar-refractivity contribution is -0.129. The molecule has 1 N–H and O–H groups in total. The van der Waals surface area contributed by atoms with E-state index in [1.54, 1.807) is 4.90 Å². The second kappa shape index (κ2) is 8.03. The van der Waals surface area contributed by atoms with Crippen molar-refractivity contribution < 1.29 is 9.90 Å². The summed E-state index contributed by atoms with van der Waals surface area (Å²) in [4.78, 5) is 14.7. The Balaban J connectivity index is 1.72. The van der Waals surface area contributed by atoms with Gasteiger partial charge in [-0.15, -0.1) is 0 Å². The van der Waals surface area contributed by atoms with Crippen molar-refractivity contribution in [3.8, 4) is 0 Å². The van der Waals surface area contributed by atoms with E-state index in [4.69, 9.17) is 0 Å². The lowest BCUT2D eigenvalue weighted by Gasteiger charge is -2.27. The normalized spacial score (nSPS) is 16.7. The minimum absolute atomic E-state index is 0.160. The fraction of sp³-hybridized carbons (Fsp3) is 0.125. The maximum Gasteiger partial charge on any atom is 0.289 e. The number of amides is 1. The van der Waals surface area contributed by atoms with E-state index in [2.05, 4.69) is 28.1 Å². The van der Waals surface area contributed by atoms with Crippen LogP contribution in [0.15, 0.2) is 95.2 Å². The highest BCUT2D eigenvalue weighted by molar-refractivity contribution is 9.10. The molecule has 0 bridgehead atoms. The topological polar surface area (TPSA) is 40.5 Å². The Kier molecular flexibility index (Phi) is 5.31. The summed E-state index contributed by atoms with van der Waals surface area (Å²) < 4.78 is 0.978. The molecular weight excluding hydrogens is 414 g/mol. The third-order valence-corrected chi connectivity index (χ3v) is 5.59. The molecular formula is C24H20BrNO2. The maximum absolute atomic E-state index is 13.0. The summed E-state index contributed by atoms with van der Waals surface area (Å²) in [6, 6.07) is 27.4. The summed E-state index contributed by atoms with van der Waals surface area (Å²) in [6.07, 6.45) is 0.731. The molecule has 1 aliphatic heterocycles. The number of aliphatic hydroxyl groups excluding tert-OH is 1. The van der Waals surface area contributed by atoms with Crippen LogP contribution < -0.4 is 0 Å². The van der Waals surface area contributed by atoms with Crippen LogP contribution in [0.25, 0.3) is 5.57 Å². The van der Waals surface area contributed by atoms with Crippen LogP contribution in [0.2, 0.25) is 0 Å². The van der Waals surface area contributed by atoms with Crippen molar-refractivity contribution in [2.45, 2.75) is 12.5 Å². The van der Waals surface area contributed by atoms with Crippen molar-refractivity contribution in [1.29, 1.82) is 0 Å². The van der Waals surface area contributed by atoms with Gasteiger partial charge in [0, 0.05) is 16.6 Å².